The molecular weight excluding hydrogens is 400 g/mol. The molecule has 5 heterocycles. The minimum absolute atomic E-state index is 0. The third-order valence-electron chi connectivity index (χ3n) is 5.33. The van der Waals surface area contributed by atoms with E-state index in [2.05, 4.69) is 25.3 Å². The summed E-state index contributed by atoms with van der Waals surface area (Å²) in [5, 5.41) is 8.97. The summed E-state index contributed by atoms with van der Waals surface area (Å²) < 4.78 is 7.32. The SMILES string of the molecule is Cl.O=c1cc(C2CCNCC2)n2ncc(-c3cnc(N4CCOCC4)s3)c2[nH]1. The number of aromatic nitrogens is 4. The van der Waals surface area contributed by atoms with E-state index in [1.165, 1.54) is 0 Å². The van der Waals surface area contributed by atoms with Crippen molar-refractivity contribution in [2.45, 2.75) is 18.8 Å². The molecule has 0 saturated carbocycles. The summed E-state index contributed by atoms with van der Waals surface area (Å²) in [7, 11) is 0. The van der Waals surface area contributed by atoms with Crippen molar-refractivity contribution >= 4 is 34.5 Å². The summed E-state index contributed by atoms with van der Waals surface area (Å²) in [4.78, 5) is 23.2. The predicted octanol–water partition coefficient (Wildman–Crippen LogP) is 1.87. The molecule has 0 amide bonds. The highest BCUT2D eigenvalue weighted by Gasteiger charge is 2.22. The van der Waals surface area contributed by atoms with Gasteiger partial charge in [0.1, 0.15) is 5.65 Å². The van der Waals surface area contributed by atoms with Crippen LogP contribution in [0.2, 0.25) is 0 Å². The molecule has 28 heavy (non-hydrogen) atoms. The van der Waals surface area contributed by atoms with Crippen LogP contribution >= 0.6 is 23.7 Å². The molecule has 0 aromatic carbocycles. The van der Waals surface area contributed by atoms with Crippen molar-refractivity contribution in [3.8, 4) is 10.4 Å². The second kappa shape index (κ2) is 8.20. The topological polar surface area (TPSA) is 87.6 Å². The van der Waals surface area contributed by atoms with Gasteiger partial charge in [0.2, 0.25) is 0 Å². The molecule has 0 unspecified atom stereocenters. The normalized spacial score (nSPS) is 18.4. The molecule has 0 radical (unpaired) electrons. The minimum atomic E-state index is -0.0734. The molecule has 0 bridgehead atoms. The second-order valence-corrected chi connectivity index (χ2v) is 8.02. The van der Waals surface area contributed by atoms with Crippen molar-refractivity contribution in [3.63, 3.8) is 0 Å². The summed E-state index contributed by atoms with van der Waals surface area (Å²) in [5.41, 5.74) is 2.61. The minimum Gasteiger partial charge on any atom is -0.378 e. The number of fused-ring (bicyclic) bond motifs is 1. The summed E-state index contributed by atoms with van der Waals surface area (Å²) in [6, 6.07) is 1.70. The standard InChI is InChI=1S/C18H22N6O2S.ClH/c25-16-9-14(12-1-3-19-4-2-12)24-17(22-16)13(10-21-24)15-11-20-18(27-15)23-5-7-26-8-6-23;/h9-12,19H,1-8H2,(H,22,25);1H. The fraction of sp³-hybridized carbons (Fsp3) is 0.500. The maximum atomic E-state index is 12.3. The van der Waals surface area contributed by atoms with Gasteiger partial charge in [-0.3, -0.25) is 4.79 Å². The Kier molecular flexibility index (Phi) is 5.68. The van der Waals surface area contributed by atoms with Gasteiger partial charge in [0.05, 0.1) is 35.5 Å². The van der Waals surface area contributed by atoms with Crippen LogP contribution in [0.4, 0.5) is 5.13 Å². The van der Waals surface area contributed by atoms with Crippen LogP contribution in [0, 0.1) is 0 Å². The largest absolute Gasteiger partial charge is 0.378 e. The molecule has 5 rings (SSSR count). The smallest absolute Gasteiger partial charge is 0.251 e. The highest BCUT2D eigenvalue weighted by atomic mass is 35.5. The maximum Gasteiger partial charge on any atom is 0.251 e. The molecule has 0 spiro atoms. The molecular formula is C18H23ClN6O2S. The van der Waals surface area contributed by atoms with E-state index in [0.717, 1.165) is 79.1 Å². The van der Waals surface area contributed by atoms with Crippen molar-refractivity contribution in [1.82, 2.24) is 24.9 Å². The lowest BCUT2D eigenvalue weighted by Gasteiger charge is -2.25. The van der Waals surface area contributed by atoms with Crippen LogP contribution in [0.15, 0.2) is 23.3 Å². The summed E-state index contributed by atoms with van der Waals surface area (Å²) >= 11 is 1.63. The van der Waals surface area contributed by atoms with Crippen molar-refractivity contribution in [2.75, 3.05) is 44.3 Å². The van der Waals surface area contributed by atoms with E-state index in [-0.39, 0.29) is 18.0 Å². The average Bonchev–Trinajstić information content (AvgIpc) is 3.35. The Morgan fingerprint density at radius 3 is 2.75 bits per heavy atom. The van der Waals surface area contributed by atoms with E-state index >= 15 is 0 Å². The van der Waals surface area contributed by atoms with Crippen molar-refractivity contribution < 1.29 is 4.74 Å². The molecule has 150 valence electrons. The zero-order valence-corrected chi connectivity index (χ0v) is 17.0. The van der Waals surface area contributed by atoms with Gasteiger partial charge in [-0.2, -0.15) is 5.10 Å². The number of hydrogen-bond acceptors (Lipinski definition) is 7. The summed E-state index contributed by atoms with van der Waals surface area (Å²) in [5.74, 6) is 0.356. The highest BCUT2D eigenvalue weighted by molar-refractivity contribution is 7.19. The Balaban J connectivity index is 0.00000192. The first kappa shape index (κ1) is 19.4. The molecule has 3 aromatic rings. The molecule has 3 aromatic heterocycles. The molecule has 0 atom stereocenters. The van der Waals surface area contributed by atoms with Gasteiger partial charge in [-0.1, -0.05) is 11.3 Å². The van der Waals surface area contributed by atoms with E-state index in [1.54, 1.807) is 17.4 Å². The number of morpholine rings is 1. The number of nitrogens with one attached hydrogen (secondary N) is 2. The number of halogens is 1. The van der Waals surface area contributed by atoms with Crippen molar-refractivity contribution in [2.24, 2.45) is 0 Å². The molecule has 2 saturated heterocycles. The van der Waals surface area contributed by atoms with Gasteiger partial charge < -0.3 is 19.9 Å². The summed E-state index contributed by atoms with van der Waals surface area (Å²) in [6.07, 6.45) is 5.76. The Bertz CT molecular complexity index is 1000. The third-order valence-corrected chi connectivity index (χ3v) is 6.42. The number of piperidine rings is 1. The van der Waals surface area contributed by atoms with Crippen LogP contribution in [-0.4, -0.2) is 59.0 Å². The van der Waals surface area contributed by atoms with Crippen LogP contribution < -0.4 is 15.8 Å². The van der Waals surface area contributed by atoms with Gasteiger partial charge in [-0.05, 0) is 25.9 Å². The van der Waals surface area contributed by atoms with Crippen molar-refractivity contribution in [3.05, 3.63) is 34.5 Å². The van der Waals surface area contributed by atoms with E-state index in [9.17, 15) is 4.79 Å². The number of hydrogen-bond donors (Lipinski definition) is 2. The lowest BCUT2D eigenvalue weighted by molar-refractivity contribution is 0.122. The van der Waals surface area contributed by atoms with Crippen LogP contribution in [-0.2, 0) is 4.74 Å². The number of rotatable bonds is 3. The predicted molar refractivity (Wildman–Crippen MR) is 112 cm³/mol. The van der Waals surface area contributed by atoms with Gasteiger partial charge in [0.15, 0.2) is 5.13 Å². The number of nitrogens with zero attached hydrogens (tertiary/aromatic N) is 4. The number of H-pyrrole nitrogens is 1. The van der Waals surface area contributed by atoms with E-state index in [0.29, 0.717) is 5.92 Å². The fourth-order valence-electron chi connectivity index (χ4n) is 3.89. The van der Waals surface area contributed by atoms with Gasteiger partial charge in [-0.25, -0.2) is 9.50 Å². The number of aromatic amines is 1. The Labute approximate surface area is 172 Å². The maximum absolute atomic E-state index is 12.3. The molecule has 2 aliphatic heterocycles. The lowest BCUT2D eigenvalue weighted by atomic mass is 9.94. The Morgan fingerprint density at radius 1 is 1.18 bits per heavy atom. The first-order chi connectivity index (χ1) is 13.3. The van der Waals surface area contributed by atoms with E-state index in [1.807, 2.05) is 16.9 Å². The van der Waals surface area contributed by atoms with Gasteiger partial charge >= 0.3 is 0 Å². The Hall–Kier alpha value is -1.94. The zero-order chi connectivity index (χ0) is 18.2. The average molecular weight is 423 g/mol. The second-order valence-electron chi connectivity index (χ2n) is 7.01. The van der Waals surface area contributed by atoms with Crippen LogP contribution in [0.25, 0.3) is 16.1 Å². The quantitative estimate of drug-likeness (QED) is 0.670. The lowest BCUT2D eigenvalue weighted by Crippen LogP contribution is -2.36. The van der Waals surface area contributed by atoms with Gasteiger partial charge in [0.25, 0.3) is 5.56 Å². The van der Waals surface area contributed by atoms with Crippen LogP contribution in [0.1, 0.15) is 24.5 Å². The fourth-order valence-corrected chi connectivity index (χ4v) is 4.87. The summed E-state index contributed by atoms with van der Waals surface area (Å²) in [6.45, 7) is 5.14. The van der Waals surface area contributed by atoms with Crippen molar-refractivity contribution in [1.29, 1.82) is 0 Å². The molecule has 8 nitrogen and oxygen atoms in total. The first-order valence-electron chi connectivity index (χ1n) is 9.40. The number of anilines is 1. The Morgan fingerprint density at radius 2 is 1.96 bits per heavy atom. The zero-order valence-electron chi connectivity index (χ0n) is 15.4. The van der Waals surface area contributed by atoms with Gasteiger partial charge in [0, 0.05) is 31.3 Å². The first-order valence-corrected chi connectivity index (χ1v) is 10.2. The third kappa shape index (κ3) is 3.55. The van der Waals surface area contributed by atoms with E-state index in [4.69, 9.17) is 4.74 Å². The highest BCUT2D eigenvalue weighted by Crippen LogP contribution is 2.34. The van der Waals surface area contributed by atoms with Crippen LogP contribution in [0.5, 0.6) is 0 Å². The molecule has 0 aliphatic carbocycles. The number of thiazole rings is 1. The molecule has 10 heteroatoms. The number of ether oxygens (including phenoxy) is 1. The van der Waals surface area contributed by atoms with E-state index < -0.39 is 0 Å². The van der Waals surface area contributed by atoms with Crippen LogP contribution in [0.3, 0.4) is 0 Å². The monoisotopic (exact) mass is 422 g/mol. The molecule has 2 N–H and O–H groups in total. The van der Waals surface area contributed by atoms with Gasteiger partial charge in [-0.15, -0.1) is 12.4 Å². The molecule has 2 aliphatic rings. The molecule has 2 fully saturated rings.